The Morgan fingerprint density at radius 1 is 1.50 bits per heavy atom. The molecule has 10 heavy (non-hydrogen) atoms. The third kappa shape index (κ3) is 1.68. The Kier molecular flexibility index (Phi) is 1.99. The molecule has 1 aliphatic heterocycles. The highest BCUT2D eigenvalue weighted by Crippen LogP contribution is 2.18. The van der Waals surface area contributed by atoms with Crippen molar-refractivity contribution in [2.24, 2.45) is 0 Å². The normalized spacial score (nSPS) is 24.9. The molecule has 0 spiro atoms. The SMILES string of the molecule is CN(C)CC1(O)CN(C)C1. The molecule has 1 saturated heterocycles. The average Bonchev–Trinajstić information content (AvgIpc) is 1.57. The van der Waals surface area contributed by atoms with E-state index in [0.717, 1.165) is 19.6 Å². The van der Waals surface area contributed by atoms with Crippen LogP contribution in [0.25, 0.3) is 0 Å². The topological polar surface area (TPSA) is 26.7 Å². The van der Waals surface area contributed by atoms with Gasteiger partial charge in [-0.15, -0.1) is 0 Å². The second-order valence-corrected chi connectivity index (χ2v) is 3.63. The van der Waals surface area contributed by atoms with Crippen molar-refractivity contribution in [3.63, 3.8) is 0 Å². The van der Waals surface area contributed by atoms with E-state index in [4.69, 9.17) is 0 Å². The van der Waals surface area contributed by atoms with Gasteiger partial charge in [-0.1, -0.05) is 0 Å². The Balaban J connectivity index is 2.27. The highest BCUT2D eigenvalue weighted by Gasteiger charge is 2.38. The monoisotopic (exact) mass is 144 g/mol. The molecule has 0 radical (unpaired) electrons. The Hall–Kier alpha value is -0.120. The summed E-state index contributed by atoms with van der Waals surface area (Å²) in [4.78, 5) is 4.14. The summed E-state index contributed by atoms with van der Waals surface area (Å²) in [5.41, 5.74) is -0.432. The van der Waals surface area contributed by atoms with Gasteiger partial charge in [-0.3, -0.25) is 0 Å². The number of likely N-dealkylation sites (N-methyl/N-ethyl adjacent to an activating group) is 2. The number of rotatable bonds is 2. The number of β-amino-alcohol motifs (C(OH)–C–C–N with tert-alkyl or cyclic N) is 1. The third-order valence-corrected chi connectivity index (χ3v) is 1.74. The van der Waals surface area contributed by atoms with Crippen LogP contribution < -0.4 is 0 Å². The van der Waals surface area contributed by atoms with Gasteiger partial charge in [0.15, 0.2) is 0 Å². The van der Waals surface area contributed by atoms with Crippen molar-refractivity contribution in [3.8, 4) is 0 Å². The smallest absolute Gasteiger partial charge is 0.103 e. The minimum absolute atomic E-state index is 0.432. The zero-order chi connectivity index (χ0) is 7.78. The standard InChI is InChI=1S/C7H16N2O/c1-8(2)4-7(10)5-9(3)6-7/h10H,4-6H2,1-3H3. The molecule has 0 aliphatic carbocycles. The van der Waals surface area contributed by atoms with Gasteiger partial charge in [0.05, 0.1) is 0 Å². The number of hydrogen-bond acceptors (Lipinski definition) is 3. The van der Waals surface area contributed by atoms with Gasteiger partial charge < -0.3 is 14.9 Å². The molecule has 1 fully saturated rings. The lowest BCUT2D eigenvalue weighted by molar-refractivity contribution is -0.0974. The molecule has 0 amide bonds. The minimum Gasteiger partial charge on any atom is -0.386 e. The molecular formula is C7H16N2O. The highest BCUT2D eigenvalue weighted by molar-refractivity contribution is 4.95. The Bertz CT molecular complexity index is 119. The van der Waals surface area contributed by atoms with Crippen LogP contribution >= 0.6 is 0 Å². The van der Waals surface area contributed by atoms with Crippen molar-refractivity contribution in [1.29, 1.82) is 0 Å². The lowest BCUT2D eigenvalue weighted by Gasteiger charge is -2.45. The van der Waals surface area contributed by atoms with Gasteiger partial charge in [0.2, 0.25) is 0 Å². The van der Waals surface area contributed by atoms with Crippen molar-refractivity contribution in [2.45, 2.75) is 5.60 Å². The lowest BCUT2D eigenvalue weighted by atomic mass is 9.95. The summed E-state index contributed by atoms with van der Waals surface area (Å²) in [5.74, 6) is 0. The van der Waals surface area contributed by atoms with Crippen LogP contribution in [0.3, 0.4) is 0 Å². The van der Waals surface area contributed by atoms with E-state index in [0.29, 0.717) is 0 Å². The summed E-state index contributed by atoms with van der Waals surface area (Å²) >= 11 is 0. The first-order valence-corrected chi connectivity index (χ1v) is 3.57. The molecule has 1 N–H and O–H groups in total. The summed E-state index contributed by atoms with van der Waals surface area (Å²) in [6, 6.07) is 0. The highest BCUT2D eigenvalue weighted by atomic mass is 16.3. The molecule has 0 aromatic carbocycles. The van der Waals surface area contributed by atoms with Gasteiger partial charge in [-0.05, 0) is 21.1 Å². The van der Waals surface area contributed by atoms with Gasteiger partial charge in [-0.2, -0.15) is 0 Å². The third-order valence-electron chi connectivity index (χ3n) is 1.74. The van der Waals surface area contributed by atoms with E-state index in [9.17, 15) is 5.11 Å². The maximum absolute atomic E-state index is 9.67. The molecule has 3 nitrogen and oxygen atoms in total. The van der Waals surface area contributed by atoms with Crippen LogP contribution in [0.4, 0.5) is 0 Å². The van der Waals surface area contributed by atoms with E-state index in [1.807, 2.05) is 26.0 Å². The molecular weight excluding hydrogens is 128 g/mol. The van der Waals surface area contributed by atoms with Crippen molar-refractivity contribution in [2.75, 3.05) is 40.8 Å². The van der Waals surface area contributed by atoms with Gasteiger partial charge >= 0.3 is 0 Å². The van der Waals surface area contributed by atoms with Gasteiger partial charge in [0.1, 0.15) is 5.60 Å². The maximum atomic E-state index is 9.67. The van der Waals surface area contributed by atoms with Gasteiger partial charge in [0.25, 0.3) is 0 Å². The van der Waals surface area contributed by atoms with Crippen LogP contribution in [-0.2, 0) is 0 Å². The zero-order valence-corrected chi connectivity index (χ0v) is 6.96. The first-order chi connectivity index (χ1) is 4.52. The second-order valence-electron chi connectivity index (χ2n) is 3.63. The predicted octanol–water partition coefficient (Wildman–Crippen LogP) is -0.775. The number of likely N-dealkylation sites (tertiary alicyclic amines) is 1. The Morgan fingerprint density at radius 3 is 2.30 bits per heavy atom. The van der Waals surface area contributed by atoms with E-state index in [-0.39, 0.29) is 0 Å². The fourth-order valence-corrected chi connectivity index (χ4v) is 1.65. The van der Waals surface area contributed by atoms with Crippen molar-refractivity contribution < 1.29 is 5.11 Å². The van der Waals surface area contributed by atoms with E-state index in [2.05, 4.69) is 4.90 Å². The molecule has 0 aromatic heterocycles. The summed E-state index contributed by atoms with van der Waals surface area (Å²) in [5, 5.41) is 9.67. The van der Waals surface area contributed by atoms with E-state index in [1.165, 1.54) is 0 Å². The van der Waals surface area contributed by atoms with Crippen LogP contribution in [0.1, 0.15) is 0 Å². The number of aliphatic hydroxyl groups is 1. The average molecular weight is 144 g/mol. The second kappa shape index (κ2) is 2.49. The van der Waals surface area contributed by atoms with Crippen LogP contribution in [0.15, 0.2) is 0 Å². The van der Waals surface area contributed by atoms with Crippen LogP contribution in [0.5, 0.6) is 0 Å². The molecule has 0 aromatic rings. The maximum Gasteiger partial charge on any atom is 0.103 e. The van der Waals surface area contributed by atoms with E-state index in [1.54, 1.807) is 0 Å². The lowest BCUT2D eigenvalue weighted by Crippen LogP contribution is -2.64. The molecule has 1 aliphatic rings. The van der Waals surface area contributed by atoms with Crippen molar-refractivity contribution in [1.82, 2.24) is 9.80 Å². The number of hydrogen-bond donors (Lipinski definition) is 1. The molecule has 0 saturated carbocycles. The van der Waals surface area contributed by atoms with Gasteiger partial charge in [-0.25, -0.2) is 0 Å². The predicted molar refractivity (Wildman–Crippen MR) is 41.0 cm³/mol. The first-order valence-electron chi connectivity index (χ1n) is 3.57. The molecule has 60 valence electrons. The number of nitrogens with zero attached hydrogens (tertiary/aromatic N) is 2. The Labute approximate surface area is 62.2 Å². The molecule has 0 unspecified atom stereocenters. The van der Waals surface area contributed by atoms with Crippen molar-refractivity contribution in [3.05, 3.63) is 0 Å². The van der Waals surface area contributed by atoms with E-state index >= 15 is 0 Å². The zero-order valence-electron chi connectivity index (χ0n) is 6.96. The largest absolute Gasteiger partial charge is 0.386 e. The molecule has 0 atom stereocenters. The quantitative estimate of drug-likeness (QED) is 0.551. The fraction of sp³-hybridized carbons (Fsp3) is 1.00. The van der Waals surface area contributed by atoms with Crippen LogP contribution in [0.2, 0.25) is 0 Å². The fourth-order valence-electron chi connectivity index (χ4n) is 1.65. The molecule has 1 heterocycles. The first kappa shape index (κ1) is 7.98. The van der Waals surface area contributed by atoms with Crippen LogP contribution in [-0.4, -0.2) is 61.3 Å². The Morgan fingerprint density at radius 2 is 2.00 bits per heavy atom. The summed E-state index contributed by atoms with van der Waals surface area (Å²) < 4.78 is 0. The van der Waals surface area contributed by atoms with Crippen LogP contribution in [0, 0.1) is 0 Å². The minimum atomic E-state index is -0.432. The summed E-state index contributed by atoms with van der Waals surface area (Å²) in [7, 11) is 5.98. The molecule has 1 rings (SSSR count). The van der Waals surface area contributed by atoms with Gasteiger partial charge in [0, 0.05) is 19.6 Å². The summed E-state index contributed by atoms with van der Waals surface area (Å²) in [6.07, 6.45) is 0. The summed E-state index contributed by atoms with van der Waals surface area (Å²) in [6.45, 7) is 2.40. The van der Waals surface area contributed by atoms with E-state index < -0.39 is 5.60 Å². The van der Waals surface area contributed by atoms with Crippen molar-refractivity contribution >= 4 is 0 Å². The molecule has 3 heteroatoms. The molecule has 0 bridgehead atoms.